The molecule has 0 aliphatic heterocycles. The van der Waals surface area contributed by atoms with Gasteiger partial charge in [0.15, 0.2) is 0 Å². The average Bonchev–Trinajstić information content (AvgIpc) is 3.36. The van der Waals surface area contributed by atoms with E-state index in [4.69, 9.17) is 4.98 Å². The van der Waals surface area contributed by atoms with Crippen molar-refractivity contribution < 1.29 is 4.39 Å². The first kappa shape index (κ1) is 24.8. The third-order valence-electron chi connectivity index (χ3n) is 7.12. The maximum Gasteiger partial charge on any atom is 0.133 e. The monoisotopic (exact) mass is 491 g/mol. The summed E-state index contributed by atoms with van der Waals surface area (Å²) in [5.74, 6) is 1.38. The molecule has 0 saturated heterocycles. The molecule has 1 aromatic heterocycles. The smallest absolute Gasteiger partial charge is 0.133 e. The summed E-state index contributed by atoms with van der Waals surface area (Å²) in [5, 5.41) is 7.95. The van der Waals surface area contributed by atoms with E-state index in [0.717, 1.165) is 60.9 Å². The highest BCUT2D eigenvalue weighted by Crippen LogP contribution is 2.37. The number of benzene rings is 4. The number of aromatic nitrogens is 2. The third kappa shape index (κ3) is 4.42. The molecule has 0 atom stereocenters. The Hall–Kier alpha value is -3.92. The van der Waals surface area contributed by atoms with E-state index in [-0.39, 0.29) is 5.82 Å². The Morgan fingerprint density at radius 3 is 2.19 bits per heavy atom. The van der Waals surface area contributed by atoms with Crippen LogP contribution in [0.15, 0.2) is 78.5 Å². The summed E-state index contributed by atoms with van der Waals surface area (Å²) in [4.78, 5) is 8.50. The van der Waals surface area contributed by atoms with E-state index in [9.17, 15) is 0 Å². The molecule has 0 aliphatic carbocycles. The summed E-state index contributed by atoms with van der Waals surface area (Å²) in [7, 11) is 0. The zero-order chi connectivity index (χ0) is 26.3. The molecule has 2 N–H and O–H groups in total. The standard InChI is InChI=1S/C33H34FN3/c1-7-29(19(3)4)35-30(8-2)26-16-14-22(18-28(26)34)21-13-15-25-27(17-21)23-11-9-10-12-24(23)31-32(25)37-33(36-31)20(5)6/h7-20,35H,1-6H3,(H,36,37)/b29-7-,30-8-. The fourth-order valence-corrected chi connectivity index (χ4v) is 5.06. The van der Waals surface area contributed by atoms with Crippen LogP contribution < -0.4 is 5.32 Å². The molecule has 4 aromatic carbocycles. The maximum atomic E-state index is 15.5. The number of fused-ring (bicyclic) bond motifs is 6. The molecule has 0 fully saturated rings. The van der Waals surface area contributed by atoms with Crippen molar-refractivity contribution in [3.63, 3.8) is 0 Å². The molecule has 37 heavy (non-hydrogen) atoms. The number of hydrogen-bond acceptors (Lipinski definition) is 2. The molecule has 0 aliphatic rings. The van der Waals surface area contributed by atoms with Crippen molar-refractivity contribution in [3.8, 4) is 11.1 Å². The van der Waals surface area contributed by atoms with Gasteiger partial charge in [-0.3, -0.25) is 0 Å². The summed E-state index contributed by atoms with van der Waals surface area (Å²) in [5.41, 5.74) is 6.31. The van der Waals surface area contributed by atoms with E-state index in [1.165, 1.54) is 0 Å². The number of H-pyrrole nitrogens is 1. The number of hydrogen-bond donors (Lipinski definition) is 2. The molecule has 1 heterocycles. The van der Waals surface area contributed by atoms with Gasteiger partial charge in [0.25, 0.3) is 0 Å². The lowest BCUT2D eigenvalue weighted by Crippen LogP contribution is -2.16. The zero-order valence-corrected chi connectivity index (χ0v) is 22.4. The van der Waals surface area contributed by atoms with Crippen LogP contribution in [0.2, 0.25) is 0 Å². The van der Waals surface area contributed by atoms with Gasteiger partial charge in [0.05, 0.1) is 11.0 Å². The first-order chi connectivity index (χ1) is 17.8. The molecule has 0 spiro atoms. The Labute approximate surface area is 218 Å². The molecule has 4 heteroatoms. The van der Waals surface area contributed by atoms with Gasteiger partial charge in [-0.15, -0.1) is 0 Å². The van der Waals surface area contributed by atoms with Crippen molar-refractivity contribution in [2.75, 3.05) is 0 Å². The fourth-order valence-electron chi connectivity index (χ4n) is 5.06. The maximum absolute atomic E-state index is 15.5. The number of allylic oxidation sites excluding steroid dienone is 3. The Kier molecular flexibility index (Phi) is 6.59. The molecule has 5 aromatic rings. The molecule has 5 rings (SSSR count). The molecular formula is C33H34FN3. The van der Waals surface area contributed by atoms with Gasteiger partial charge >= 0.3 is 0 Å². The van der Waals surface area contributed by atoms with Crippen molar-refractivity contribution >= 4 is 38.3 Å². The number of aromatic amines is 1. The SMILES string of the molecule is C/C=C(\N/C(=C\C)C(C)C)c1ccc(-c2ccc3c(c2)c2ccccc2c2nc(C(C)C)[nH]c32)cc1F. The Balaban J connectivity index is 1.62. The summed E-state index contributed by atoms with van der Waals surface area (Å²) < 4.78 is 15.5. The molecule has 0 saturated carbocycles. The molecule has 0 radical (unpaired) electrons. The minimum atomic E-state index is -0.243. The van der Waals surface area contributed by atoms with Crippen LogP contribution in [0.25, 0.3) is 49.4 Å². The van der Waals surface area contributed by atoms with Gasteiger partial charge < -0.3 is 10.3 Å². The summed E-state index contributed by atoms with van der Waals surface area (Å²) in [6.07, 6.45) is 3.97. The van der Waals surface area contributed by atoms with Crippen LogP contribution in [0.5, 0.6) is 0 Å². The summed E-state index contributed by atoms with van der Waals surface area (Å²) in [6, 6.07) is 20.3. The zero-order valence-electron chi connectivity index (χ0n) is 22.4. The van der Waals surface area contributed by atoms with E-state index in [1.807, 2.05) is 38.1 Å². The predicted molar refractivity (Wildman–Crippen MR) is 156 cm³/mol. The minimum Gasteiger partial charge on any atom is -0.359 e. The fraction of sp³-hybridized carbons (Fsp3) is 0.242. The molecule has 0 amide bonds. The van der Waals surface area contributed by atoms with Crippen molar-refractivity contribution in [2.24, 2.45) is 5.92 Å². The number of nitrogens with one attached hydrogen (secondary N) is 2. The van der Waals surface area contributed by atoms with E-state index in [2.05, 4.69) is 80.5 Å². The minimum absolute atomic E-state index is 0.243. The van der Waals surface area contributed by atoms with Gasteiger partial charge in [-0.05, 0) is 59.9 Å². The largest absolute Gasteiger partial charge is 0.359 e. The molecule has 3 nitrogen and oxygen atoms in total. The normalized spacial score (nSPS) is 13.0. The predicted octanol–water partition coefficient (Wildman–Crippen LogP) is 9.31. The highest BCUT2D eigenvalue weighted by molar-refractivity contribution is 6.23. The van der Waals surface area contributed by atoms with Gasteiger partial charge in [-0.25, -0.2) is 9.37 Å². The van der Waals surface area contributed by atoms with Crippen LogP contribution in [0.1, 0.15) is 58.8 Å². The second-order valence-corrected chi connectivity index (χ2v) is 10.2. The van der Waals surface area contributed by atoms with Gasteiger partial charge in [0, 0.05) is 33.6 Å². The van der Waals surface area contributed by atoms with Crippen LogP contribution in [0.4, 0.5) is 4.39 Å². The van der Waals surface area contributed by atoms with E-state index in [0.29, 0.717) is 17.4 Å². The molecule has 0 unspecified atom stereocenters. The van der Waals surface area contributed by atoms with Crippen LogP contribution in [-0.2, 0) is 0 Å². The number of nitrogens with zero attached hydrogens (tertiary/aromatic N) is 1. The van der Waals surface area contributed by atoms with Crippen molar-refractivity contribution in [3.05, 3.63) is 95.7 Å². The first-order valence-corrected chi connectivity index (χ1v) is 13.1. The van der Waals surface area contributed by atoms with Crippen molar-refractivity contribution in [2.45, 2.75) is 47.5 Å². The average molecular weight is 492 g/mol. The second kappa shape index (κ2) is 9.85. The van der Waals surface area contributed by atoms with Crippen LogP contribution in [-0.4, -0.2) is 9.97 Å². The summed E-state index contributed by atoms with van der Waals surface area (Å²) in [6.45, 7) is 12.5. The molecule has 0 bridgehead atoms. The van der Waals surface area contributed by atoms with E-state index < -0.39 is 0 Å². The van der Waals surface area contributed by atoms with Crippen LogP contribution >= 0.6 is 0 Å². The topological polar surface area (TPSA) is 40.7 Å². The lowest BCUT2D eigenvalue weighted by atomic mass is 9.95. The van der Waals surface area contributed by atoms with Gasteiger partial charge in [-0.1, -0.05) is 82.3 Å². The van der Waals surface area contributed by atoms with Crippen molar-refractivity contribution in [1.29, 1.82) is 0 Å². The third-order valence-corrected chi connectivity index (χ3v) is 7.12. The van der Waals surface area contributed by atoms with Gasteiger partial charge in [0.1, 0.15) is 11.6 Å². The van der Waals surface area contributed by atoms with Crippen LogP contribution in [0.3, 0.4) is 0 Å². The summed E-state index contributed by atoms with van der Waals surface area (Å²) >= 11 is 0. The van der Waals surface area contributed by atoms with E-state index in [1.54, 1.807) is 6.07 Å². The second-order valence-electron chi connectivity index (χ2n) is 10.2. The highest BCUT2D eigenvalue weighted by Gasteiger charge is 2.16. The first-order valence-electron chi connectivity index (χ1n) is 13.1. The molecular weight excluding hydrogens is 457 g/mol. The Morgan fingerprint density at radius 2 is 1.54 bits per heavy atom. The Bertz CT molecular complexity index is 1690. The van der Waals surface area contributed by atoms with Crippen molar-refractivity contribution in [1.82, 2.24) is 15.3 Å². The quantitative estimate of drug-likeness (QED) is 0.232. The number of rotatable bonds is 6. The number of halogens is 1. The number of imidazole rings is 1. The van der Waals surface area contributed by atoms with Gasteiger partial charge in [-0.2, -0.15) is 0 Å². The molecule has 188 valence electrons. The Morgan fingerprint density at radius 1 is 0.838 bits per heavy atom. The van der Waals surface area contributed by atoms with Gasteiger partial charge in [0.2, 0.25) is 0 Å². The highest BCUT2D eigenvalue weighted by atomic mass is 19.1. The lowest BCUT2D eigenvalue weighted by Gasteiger charge is -2.18. The van der Waals surface area contributed by atoms with Crippen LogP contribution in [0, 0.1) is 11.7 Å². The van der Waals surface area contributed by atoms with E-state index >= 15 is 4.39 Å². The lowest BCUT2D eigenvalue weighted by molar-refractivity contribution is 0.622.